The van der Waals surface area contributed by atoms with Crippen molar-refractivity contribution in [2.24, 2.45) is 11.7 Å². The first-order chi connectivity index (χ1) is 12.2. The number of fused-ring (bicyclic) bond motifs is 1. The van der Waals surface area contributed by atoms with Crippen molar-refractivity contribution in [2.75, 3.05) is 19.6 Å². The summed E-state index contributed by atoms with van der Waals surface area (Å²) in [5, 5.41) is 21.5. The van der Waals surface area contributed by atoms with Crippen LogP contribution >= 0.6 is 0 Å². The molecule has 1 saturated heterocycles. The van der Waals surface area contributed by atoms with Gasteiger partial charge in [0.05, 0.1) is 13.1 Å². The number of alkyl halides is 1. The Balaban J connectivity index is 1.96. The van der Waals surface area contributed by atoms with Crippen LogP contribution in [0.15, 0.2) is 18.2 Å². The number of nitrogen functional groups attached to an aromatic ring is 1. The number of likely N-dealkylation sites (tertiary alicyclic amines) is 1. The van der Waals surface area contributed by atoms with Crippen molar-refractivity contribution in [3.63, 3.8) is 0 Å². The van der Waals surface area contributed by atoms with Gasteiger partial charge in [0, 0.05) is 30.2 Å². The van der Waals surface area contributed by atoms with Crippen LogP contribution in [0.5, 0.6) is 0 Å². The van der Waals surface area contributed by atoms with Crippen LogP contribution in [-0.2, 0) is 11.2 Å². The molecule has 2 unspecified atom stereocenters. The Morgan fingerprint density at radius 2 is 2.23 bits per heavy atom. The van der Waals surface area contributed by atoms with Crippen molar-refractivity contribution in [3.05, 3.63) is 34.5 Å². The second-order valence-corrected chi connectivity index (χ2v) is 7.85. The van der Waals surface area contributed by atoms with E-state index >= 15 is 0 Å². The number of nitrogens with two attached hydrogens (primary N) is 1. The van der Waals surface area contributed by atoms with Gasteiger partial charge in [-0.05, 0) is 18.8 Å². The Bertz CT molecular complexity index is 723. The van der Waals surface area contributed by atoms with Crippen molar-refractivity contribution < 1.29 is 9.18 Å². The lowest BCUT2D eigenvalue weighted by atomic mass is 10.1. The van der Waals surface area contributed by atoms with Crippen molar-refractivity contribution in [1.82, 2.24) is 9.55 Å². The van der Waals surface area contributed by atoms with Crippen LogP contribution in [-0.4, -0.2) is 48.5 Å². The molecule has 0 aromatic heterocycles. The normalized spacial score (nSPS) is 27.8. The molecule has 2 aliphatic heterocycles. The third-order valence-corrected chi connectivity index (χ3v) is 5.49. The van der Waals surface area contributed by atoms with Gasteiger partial charge in [0.25, 0.3) is 5.91 Å². The number of hydrogen-bond acceptors (Lipinski definition) is 3. The molecule has 1 fully saturated rings. The monoisotopic (exact) mass is 362 g/mol. The van der Waals surface area contributed by atoms with E-state index in [-0.39, 0.29) is 24.8 Å². The van der Waals surface area contributed by atoms with Crippen LogP contribution < -0.4 is 10.4 Å². The number of quaternary nitrogens is 1. The number of halogens is 1. The molecule has 1 amide bonds. The van der Waals surface area contributed by atoms with E-state index in [0.717, 1.165) is 5.56 Å². The number of benzene rings is 1. The molecule has 0 bridgehead atoms. The molecule has 0 aliphatic carbocycles. The Morgan fingerprint density at radius 1 is 1.50 bits per heavy atom. The molecule has 3 rings (SSSR count). The summed E-state index contributed by atoms with van der Waals surface area (Å²) in [5.41, 5.74) is 7.42. The zero-order valence-electron chi connectivity index (χ0n) is 15.4. The zero-order valence-corrected chi connectivity index (χ0v) is 15.4. The standard InChI is InChI=1S/C19H27FN4O2/c1-12(2)6-8-24(26)16-10-14(18(21)22)4-3-13(16)9-17(24)19(25)23-7-5-15(20)11-23/h3-4,10,12,15,17H,5-9,11H2,1-2H3,(H3,21,22)/t15-,17?,24?/m0/s1. The summed E-state index contributed by atoms with van der Waals surface area (Å²) in [7, 11) is 0. The van der Waals surface area contributed by atoms with Crippen LogP contribution in [0.3, 0.4) is 0 Å². The van der Waals surface area contributed by atoms with Crippen molar-refractivity contribution in [2.45, 2.75) is 45.3 Å². The fraction of sp³-hybridized carbons (Fsp3) is 0.579. The molecule has 0 spiro atoms. The van der Waals surface area contributed by atoms with E-state index in [1.807, 2.05) is 13.8 Å². The van der Waals surface area contributed by atoms with Gasteiger partial charge < -0.3 is 20.5 Å². The van der Waals surface area contributed by atoms with E-state index in [4.69, 9.17) is 11.1 Å². The highest BCUT2D eigenvalue weighted by atomic mass is 19.1. The van der Waals surface area contributed by atoms with E-state index < -0.39 is 16.9 Å². The minimum Gasteiger partial charge on any atom is -0.627 e. The predicted octanol–water partition coefficient (Wildman–Crippen LogP) is 2.32. The summed E-state index contributed by atoms with van der Waals surface area (Å²) >= 11 is 0. The molecule has 0 saturated carbocycles. The van der Waals surface area contributed by atoms with E-state index in [1.54, 1.807) is 18.2 Å². The van der Waals surface area contributed by atoms with Gasteiger partial charge in [-0.15, -0.1) is 0 Å². The number of carbonyl (C=O) groups is 1. The number of nitrogens with one attached hydrogen (secondary N) is 1. The van der Waals surface area contributed by atoms with Crippen molar-refractivity contribution in [1.29, 1.82) is 5.41 Å². The first-order valence-corrected chi connectivity index (χ1v) is 9.22. The van der Waals surface area contributed by atoms with E-state index in [2.05, 4.69) is 0 Å². The van der Waals surface area contributed by atoms with Gasteiger partial charge in [0.2, 0.25) is 0 Å². The average molecular weight is 362 g/mol. The Labute approximate surface area is 153 Å². The molecule has 1 aromatic carbocycles. The van der Waals surface area contributed by atoms with Gasteiger partial charge in [-0.25, -0.2) is 4.39 Å². The third-order valence-electron chi connectivity index (χ3n) is 5.49. The molecule has 3 atom stereocenters. The SMILES string of the molecule is CC(C)CC[N+]1([O-])c2cc(C(=N)N)ccc2CC1C(=O)N1CC[C@H](F)C1. The topological polar surface area (TPSA) is 93.2 Å². The molecular weight excluding hydrogens is 335 g/mol. The summed E-state index contributed by atoms with van der Waals surface area (Å²) in [6.07, 6.45) is 0.366. The summed E-state index contributed by atoms with van der Waals surface area (Å²) in [4.78, 5) is 14.5. The zero-order chi connectivity index (χ0) is 19.1. The Morgan fingerprint density at radius 3 is 2.81 bits per heavy atom. The van der Waals surface area contributed by atoms with Gasteiger partial charge >= 0.3 is 0 Å². The van der Waals surface area contributed by atoms with Crippen molar-refractivity contribution >= 4 is 17.4 Å². The molecular formula is C19H27FN4O2. The largest absolute Gasteiger partial charge is 0.627 e. The average Bonchev–Trinajstić information content (AvgIpc) is 3.14. The van der Waals surface area contributed by atoms with Gasteiger partial charge in [-0.1, -0.05) is 26.0 Å². The second kappa shape index (κ2) is 6.96. The lowest BCUT2D eigenvalue weighted by Crippen LogP contribution is -2.57. The fourth-order valence-electron chi connectivity index (χ4n) is 3.90. The maximum absolute atomic E-state index is 13.9. The van der Waals surface area contributed by atoms with Crippen LogP contribution in [0.1, 0.15) is 37.8 Å². The quantitative estimate of drug-likeness (QED) is 0.364. The molecule has 142 valence electrons. The van der Waals surface area contributed by atoms with Crippen LogP contribution in [0.2, 0.25) is 0 Å². The lowest BCUT2D eigenvalue weighted by Gasteiger charge is -2.44. The first kappa shape index (κ1) is 18.8. The molecule has 7 heteroatoms. The molecule has 2 aliphatic rings. The number of rotatable bonds is 5. The smallest absolute Gasteiger partial charge is 0.282 e. The third kappa shape index (κ3) is 3.33. The summed E-state index contributed by atoms with van der Waals surface area (Å²) in [6.45, 7) is 4.82. The predicted molar refractivity (Wildman–Crippen MR) is 101 cm³/mol. The van der Waals surface area contributed by atoms with Crippen LogP contribution in [0.4, 0.5) is 10.1 Å². The van der Waals surface area contributed by atoms with Gasteiger partial charge in [-0.3, -0.25) is 10.2 Å². The van der Waals surface area contributed by atoms with Gasteiger partial charge in [-0.2, -0.15) is 0 Å². The molecule has 2 heterocycles. The van der Waals surface area contributed by atoms with Crippen LogP contribution in [0.25, 0.3) is 0 Å². The highest BCUT2D eigenvalue weighted by Crippen LogP contribution is 2.40. The number of amidine groups is 1. The Kier molecular flexibility index (Phi) is 5.03. The summed E-state index contributed by atoms with van der Waals surface area (Å²) in [5.74, 6) is -0.0287. The van der Waals surface area contributed by atoms with E-state index in [9.17, 15) is 14.4 Å². The van der Waals surface area contributed by atoms with E-state index in [1.165, 1.54) is 4.90 Å². The van der Waals surface area contributed by atoms with E-state index in [0.29, 0.717) is 43.0 Å². The first-order valence-electron chi connectivity index (χ1n) is 9.22. The number of hydrogen-bond donors (Lipinski definition) is 2. The number of hydroxylamine groups is 2. The Hall–Kier alpha value is -1.99. The molecule has 6 nitrogen and oxygen atoms in total. The minimum atomic E-state index is -1.00. The molecule has 0 radical (unpaired) electrons. The fourth-order valence-corrected chi connectivity index (χ4v) is 3.90. The maximum atomic E-state index is 13.9. The van der Waals surface area contributed by atoms with Gasteiger partial charge in [0.15, 0.2) is 6.04 Å². The molecule has 1 aromatic rings. The number of amides is 1. The number of nitrogens with zero attached hydrogens (tertiary/aromatic N) is 2. The van der Waals surface area contributed by atoms with Crippen molar-refractivity contribution in [3.8, 4) is 0 Å². The maximum Gasteiger partial charge on any atom is 0.282 e. The highest BCUT2D eigenvalue weighted by Gasteiger charge is 2.47. The van der Waals surface area contributed by atoms with Crippen LogP contribution in [0, 0.1) is 16.5 Å². The summed E-state index contributed by atoms with van der Waals surface area (Å²) in [6, 6.07) is 4.38. The second-order valence-electron chi connectivity index (χ2n) is 7.85. The lowest BCUT2D eigenvalue weighted by molar-refractivity contribution is -0.134. The highest BCUT2D eigenvalue weighted by molar-refractivity contribution is 5.96. The molecule has 3 N–H and O–H groups in total. The van der Waals surface area contributed by atoms with Gasteiger partial charge in [0.1, 0.15) is 17.7 Å². The summed E-state index contributed by atoms with van der Waals surface area (Å²) < 4.78 is 12.8. The molecule has 26 heavy (non-hydrogen) atoms. The minimum absolute atomic E-state index is 0.0779. The number of carbonyl (C=O) groups excluding carboxylic acids is 1.